The Morgan fingerprint density at radius 2 is 2.00 bits per heavy atom. The predicted octanol–water partition coefficient (Wildman–Crippen LogP) is 3.64. The minimum absolute atomic E-state index is 0.242. The number of aliphatic hydroxyl groups excluding tert-OH is 1. The fourth-order valence-electron chi connectivity index (χ4n) is 2.29. The number of hydrogen-bond acceptors (Lipinski definition) is 1. The van der Waals surface area contributed by atoms with E-state index in [-0.39, 0.29) is 6.10 Å². The third-order valence-electron chi connectivity index (χ3n) is 3.61. The van der Waals surface area contributed by atoms with Crippen LogP contribution in [0.15, 0.2) is 18.2 Å². The Balaban J connectivity index is 2.20. The lowest BCUT2D eigenvalue weighted by Crippen LogP contribution is -2.03. The SMILES string of the molecule is CCc1ccc(CC)c(C(O)CC2CC2)c1. The van der Waals surface area contributed by atoms with Crippen molar-refractivity contribution in [2.75, 3.05) is 0 Å². The van der Waals surface area contributed by atoms with Gasteiger partial charge in [-0.25, -0.2) is 0 Å². The van der Waals surface area contributed by atoms with Gasteiger partial charge in [-0.1, -0.05) is 44.9 Å². The maximum absolute atomic E-state index is 10.3. The minimum Gasteiger partial charge on any atom is -0.388 e. The van der Waals surface area contributed by atoms with Gasteiger partial charge in [0.15, 0.2) is 0 Å². The van der Waals surface area contributed by atoms with Crippen LogP contribution in [0.4, 0.5) is 0 Å². The third-order valence-corrected chi connectivity index (χ3v) is 3.61. The van der Waals surface area contributed by atoms with E-state index in [2.05, 4.69) is 32.0 Å². The Morgan fingerprint density at radius 1 is 1.25 bits per heavy atom. The van der Waals surface area contributed by atoms with E-state index in [9.17, 15) is 5.11 Å². The van der Waals surface area contributed by atoms with Crippen molar-refractivity contribution in [1.29, 1.82) is 0 Å². The topological polar surface area (TPSA) is 20.2 Å². The second-order valence-corrected chi connectivity index (χ2v) is 4.94. The summed E-state index contributed by atoms with van der Waals surface area (Å²) < 4.78 is 0. The molecule has 0 spiro atoms. The summed E-state index contributed by atoms with van der Waals surface area (Å²) in [7, 11) is 0. The van der Waals surface area contributed by atoms with Crippen LogP contribution in [0.25, 0.3) is 0 Å². The fraction of sp³-hybridized carbons (Fsp3) is 0.600. The summed E-state index contributed by atoms with van der Waals surface area (Å²) in [5.41, 5.74) is 3.82. The standard InChI is InChI=1S/C15H22O/c1-3-11-7-8-13(4-2)14(9-11)15(16)10-12-5-6-12/h7-9,12,15-16H,3-6,10H2,1-2H3. The molecule has 1 saturated carbocycles. The zero-order valence-electron chi connectivity index (χ0n) is 10.4. The molecule has 1 aliphatic rings. The molecule has 88 valence electrons. The highest BCUT2D eigenvalue weighted by atomic mass is 16.3. The molecular formula is C15H22O. The molecule has 16 heavy (non-hydrogen) atoms. The monoisotopic (exact) mass is 218 g/mol. The van der Waals surface area contributed by atoms with Gasteiger partial charge in [0, 0.05) is 0 Å². The van der Waals surface area contributed by atoms with E-state index in [4.69, 9.17) is 0 Å². The quantitative estimate of drug-likeness (QED) is 0.800. The molecule has 0 bridgehead atoms. The Bertz CT molecular complexity index is 352. The molecule has 1 nitrogen and oxygen atoms in total. The first-order chi connectivity index (χ1) is 7.74. The van der Waals surface area contributed by atoms with Crippen LogP contribution in [0.2, 0.25) is 0 Å². The molecular weight excluding hydrogens is 196 g/mol. The van der Waals surface area contributed by atoms with Crippen LogP contribution in [0.5, 0.6) is 0 Å². The highest BCUT2D eigenvalue weighted by Gasteiger charge is 2.26. The third kappa shape index (κ3) is 2.65. The van der Waals surface area contributed by atoms with Crippen molar-refractivity contribution in [3.05, 3.63) is 34.9 Å². The van der Waals surface area contributed by atoms with Gasteiger partial charge in [-0.15, -0.1) is 0 Å². The van der Waals surface area contributed by atoms with Gasteiger partial charge in [-0.05, 0) is 41.9 Å². The summed E-state index contributed by atoms with van der Waals surface area (Å²) in [5.74, 6) is 0.782. The lowest BCUT2D eigenvalue weighted by Gasteiger charge is -2.16. The summed E-state index contributed by atoms with van der Waals surface area (Å²) in [6.07, 6.45) is 5.40. The van der Waals surface area contributed by atoms with E-state index < -0.39 is 0 Å². The molecule has 1 N–H and O–H groups in total. The molecule has 0 aliphatic heterocycles. The molecule has 0 radical (unpaired) electrons. The van der Waals surface area contributed by atoms with Crippen LogP contribution >= 0.6 is 0 Å². The van der Waals surface area contributed by atoms with Crippen molar-refractivity contribution < 1.29 is 5.11 Å². The molecule has 1 aromatic carbocycles. The zero-order chi connectivity index (χ0) is 11.5. The summed E-state index contributed by atoms with van der Waals surface area (Å²) in [4.78, 5) is 0. The van der Waals surface area contributed by atoms with Gasteiger partial charge < -0.3 is 5.11 Å². The number of aliphatic hydroxyl groups is 1. The van der Waals surface area contributed by atoms with Crippen LogP contribution in [0.3, 0.4) is 0 Å². The Labute approximate surface area is 98.5 Å². The van der Waals surface area contributed by atoms with Gasteiger partial charge in [-0.2, -0.15) is 0 Å². The largest absolute Gasteiger partial charge is 0.388 e. The van der Waals surface area contributed by atoms with Gasteiger partial charge >= 0.3 is 0 Å². The zero-order valence-corrected chi connectivity index (χ0v) is 10.4. The van der Waals surface area contributed by atoms with Crippen molar-refractivity contribution in [1.82, 2.24) is 0 Å². The second kappa shape index (κ2) is 5.01. The smallest absolute Gasteiger partial charge is 0.0795 e. The maximum atomic E-state index is 10.3. The molecule has 0 aromatic heterocycles. The Hall–Kier alpha value is -0.820. The van der Waals surface area contributed by atoms with E-state index in [0.717, 1.165) is 25.2 Å². The molecule has 0 saturated heterocycles. The maximum Gasteiger partial charge on any atom is 0.0795 e. The number of rotatable bonds is 5. The molecule has 2 rings (SSSR count). The fourth-order valence-corrected chi connectivity index (χ4v) is 2.29. The number of benzene rings is 1. The minimum atomic E-state index is -0.242. The Morgan fingerprint density at radius 3 is 2.56 bits per heavy atom. The molecule has 0 heterocycles. The molecule has 1 aliphatic carbocycles. The van der Waals surface area contributed by atoms with Gasteiger partial charge in [0.05, 0.1) is 6.10 Å². The molecule has 1 fully saturated rings. The molecule has 0 amide bonds. The van der Waals surface area contributed by atoms with E-state index in [1.54, 1.807) is 0 Å². The van der Waals surface area contributed by atoms with Crippen molar-refractivity contribution >= 4 is 0 Å². The van der Waals surface area contributed by atoms with Gasteiger partial charge in [0.1, 0.15) is 0 Å². The lowest BCUT2D eigenvalue weighted by molar-refractivity contribution is 0.159. The van der Waals surface area contributed by atoms with Crippen LogP contribution in [-0.2, 0) is 12.8 Å². The highest BCUT2D eigenvalue weighted by molar-refractivity contribution is 5.34. The van der Waals surface area contributed by atoms with Crippen LogP contribution < -0.4 is 0 Å². The van der Waals surface area contributed by atoms with Crippen molar-refractivity contribution in [2.45, 2.75) is 52.1 Å². The van der Waals surface area contributed by atoms with E-state index in [0.29, 0.717) is 0 Å². The number of hydrogen-bond donors (Lipinski definition) is 1. The van der Waals surface area contributed by atoms with Crippen molar-refractivity contribution in [3.8, 4) is 0 Å². The average Bonchev–Trinajstić information content (AvgIpc) is 3.12. The summed E-state index contributed by atoms with van der Waals surface area (Å²) in [5, 5.41) is 10.3. The predicted molar refractivity (Wildman–Crippen MR) is 67.5 cm³/mol. The van der Waals surface area contributed by atoms with Crippen LogP contribution in [0.1, 0.15) is 55.9 Å². The second-order valence-electron chi connectivity index (χ2n) is 4.94. The van der Waals surface area contributed by atoms with Gasteiger partial charge in [-0.3, -0.25) is 0 Å². The first-order valence-corrected chi connectivity index (χ1v) is 6.54. The first-order valence-electron chi connectivity index (χ1n) is 6.54. The lowest BCUT2D eigenvalue weighted by atomic mass is 9.94. The van der Waals surface area contributed by atoms with Crippen molar-refractivity contribution in [2.24, 2.45) is 5.92 Å². The number of aryl methyl sites for hydroxylation is 2. The van der Waals surface area contributed by atoms with E-state index >= 15 is 0 Å². The van der Waals surface area contributed by atoms with E-state index in [1.165, 1.54) is 29.5 Å². The molecule has 1 atom stereocenters. The van der Waals surface area contributed by atoms with E-state index in [1.807, 2.05) is 0 Å². The van der Waals surface area contributed by atoms with Gasteiger partial charge in [0.2, 0.25) is 0 Å². The highest BCUT2D eigenvalue weighted by Crippen LogP contribution is 2.38. The van der Waals surface area contributed by atoms with Gasteiger partial charge in [0.25, 0.3) is 0 Å². The summed E-state index contributed by atoms with van der Waals surface area (Å²) in [6, 6.07) is 6.57. The van der Waals surface area contributed by atoms with Crippen LogP contribution in [-0.4, -0.2) is 5.11 Å². The molecule has 1 unspecified atom stereocenters. The summed E-state index contributed by atoms with van der Waals surface area (Å²) in [6.45, 7) is 4.33. The Kier molecular flexibility index (Phi) is 3.65. The summed E-state index contributed by atoms with van der Waals surface area (Å²) >= 11 is 0. The van der Waals surface area contributed by atoms with Crippen LogP contribution in [0, 0.1) is 5.92 Å². The first kappa shape index (κ1) is 11.7. The van der Waals surface area contributed by atoms with Crippen molar-refractivity contribution in [3.63, 3.8) is 0 Å². The normalized spacial score (nSPS) is 17.4. The molecule has 1 aromatic rings. The average molecular weight is 218 g/mol. The molecule has 1 heteroatoms.